The molecule has 1 rings (SSSR count). The summed E-state index contributed by atoms with van der Waals surface area (Å²) in [6.45, 7) is 1.35. The molecule has 0 aromatic heterocycles. The molecule has 0 unspecified atom stereocenters. The molecule has 3 N–H and O–H groups in total. The van der Waals surface area contributed by atoms with Crippen molar-refractivity contribution in [1.29, 1.82) is 5.26 Å². The number of carbonyl (C=O) groups is 1. The minimum absolute atomic E-state index is 0.0550. The second-order valence-electron chi connectivity index (χ2n) is 2.62. The number of hydrogen-bond donors (Lipinski definition) is 2. The van der Waals surface area contributed by atoms with Crippen LogP contribution in [-0.2, 0) is 0 Å². The molecule has 4 nitrogen and oxygen atoms in total. The molecule has 0 aliphatic heterocycles. The fourth-order valence-corrected chi connectivity index (χ4v) is 0.999. The molecule has 0 heterocycles. The van der Waals surface area contributed by atoms with Crippen LogP contribution in [-0.4, -0.2) is 10.9 Å². The number of carbonyl (C=O) groups excluding carboxylic acids is 1. The first-order valence-electron chi connectivity index (χ1n) is 3.59. The smallest absolute Gasteiger partial charge is 0.161 e. The molecule has 0 amide bonds. The molecule has 0 bridgehead atoms. The van der Waals surface area contributed by atoms with Crippen LogP contribution in [0.5, 0.6) is 5.75 Å². The zero-order valence-corrected chi connectivity index (χ0v) is 7.03. The first kappa shape index (κ1) is 9.07. The van der Waals surface area contributed by atoms with Crippen LogP contribution in [0.3, 0.4) is 0 Å². The first-order chi connectivity index (χ1) is 6.06. The van der Waals surface area contributed by atoms with Crippen LogP contribution in [0, 0.1) is 11.3 Å². The number of nitriles is 1. The number of phenolic OH excluding ortho intramolecular Hbond substituents is 1. The summed E-state index contributed by atoms with van der Waals surface area (Å²) in [6, 6.07) is 4.25. The molecule has 0 aliphatic carbocycles. The highest BCUT2D eigenvalue weighted by Gasteiger charge is 2.09. The van der Waals surface area contributed by atoms with E-state index in [1.54, 1.807) is 6.07 Å². The summed E-state index contributed by atoms with van der Waals surface area (Å²) in [4.78, 5) is 11.0. The van der Waals surface area contributed by atoms with Crippen LogP contribution in [0.2, 0.25) is 0 Å². The van der Waals surface area contributed by atoms with E-state index in [4.69, 9.17) is 11.0 Å². The molecule has 4 heteroatoms. The lowest BCUT2D eigenvalue weighted by Gasteiger charge is -2.03. The van der Waals surface area contributed by atoms with Gasteiger partial charge in [0.25, 0.3) is 0 Å². The molecule has 13 heavy (non-hydrogen) atoms. The summed E-state index contributed by atoms with van der Waals surface area (Å²) < 4.78 is 0. The van der Waals surface area contributed by atoms with Gasteiger partial charge in [0.15, 0.2) is 5.78 Å². The van der Waals surface area contributed by atoms with Crippen LogP contribution < -0.4 is 5.73 Å². The Morgan fingerprint density at radius 2 is 2.23 bits per heavy atom. The molecule has 0 atom stereocenters. The van der Waals surface area contributed by atoms with Gasteiger partial charge >= 0.3 is 0 Å². The molecule has 0 spiro atoms. The summed E-state index contributed by atoms with van der Waals surface area (Å²) in [7, 11) is 0. The number of Topliss-reactive ketones (excluding diaryl/α,β-unsaturated/α-hetero) is 1. The van der Waals surface area contributed by atoms with Crippen LogP contribution in [0.1, 0.15) is 22.8 Å². The standard InChI is InChI=1S/C9H8N2O2/c1-5(12)7-2-6(4-10)9(13)3-8(7)11/h2-3,13H,11H2,1H3. The normalized spacial score (nSPS) is 9.23. The molecular formula is C9H8N2O2. The number of benzene rings is 1. The van der Waals surface area contributed by atoms with Gasteiger partial charge in [0.1, 0.15) is 11.8 Å². The molecule has 0 aliphatic rings. The van der Waals surface area contributed by atoms with Crippen molar-refractivity contribution in [3.05, 3.63) is 23.3 Å². The SMILES string of the molecule is CC(=O)c1cc(C#N)c(O)cc1N. The second-order valence-corrected chi connectivity index (χ2v) is 2.62. The van der Waals surface area contributed by atoms with Crippen molar-refractivity contribution >= 4 is 11.5 Å². The van der Waals surface area contributed by atoms with E-state index in [-0.39, 0.29) is 28.3 Å². The summed E-state index contributed by atoms with van der Waals surface area (Å²) in [6.07, 6.45) is 0. The Bertz CT molecular complexity index is 405. The topological polar surface area (TPSA) is 87.1 Å². The Kier molecular flexibility index (Phi) is 2.20. The lowest BCUT2D eigenvalue weighted by molar-refractivity contribution is 0.101. The number of hydrogen-bond acceptors (Lipinski definition) is 4. The number of anilines is 1. The quantitative estimate of drug-likeness (QED) is 0.494. The number of phenols is 1. The van der Waals surface area contributed by atoms with Gasteiger partial charge in [-0.05, 0) is 13.0 Å². The summed E-state index contributed by atoms with van der Waals surface area (Å²) in [5.41, 5.74) is 5.95. The van der Waals surface area contributed by atoms with Crippen molar-refractivity contribution < 1.29 is 9.90 Å². The predicted molar refractivity (Wildman–Crippen MR) is 47.2 cm³/mol. The molecule has 0 saturated heterocycles. The Morgan fingerprint density at radius 1 is 1.62 bits per heavy atom. The minimum atomic E-state index is -0.228. The van der Waals surface area contributed by atoms with Crippen molar-refractivity contribution in [1.82, 2.24) is 0 Å². The van der Waals surface area contributed by atoms with Gasteiger partial charge in [0, 0.05) is 17.3 Å². The Balaban J connectivity index is 3.41. The van der Waals surface area contributed by atoms with Gasteiger partial charge in [-0.15, -0.1) is 0 Å². The Labute approximate surface area is 75.2 Å². The van der Waals surface area contributed by atoms with Crippen molar-refractivity contribution in [2.75, 3.05) is 5.73 Å². The van der Waals surface area contributed by atoms with Gasteiger partial charge in [-0.3, -0.25) is 4.79 Å². The van der Waals surface area contributed by atoms with E-state index in [1.807, 2.05) is 0 Å². The zero-order chi connectivity index (χ0) is 10.0. The number of ketones is 1. The number of nitrogen functional groups attached to an aromatic ring is 1. The van der Waals surface area contributed by atoms with Gasteiger partial charge in [0.05, 0.1) is 5.56 Å². The van der Waals surface area contributed by atoms with Crippen LogP contribution in [0.25, 0.3) is 0 Å². The molecular weight excluding hydrogens is 168 g/mol. The molecule has 0 saturated carbocycles. The maximum atomic E-state index is 11.0. The van der Waals surface area contributed by atoms with E-state index in [0.29, 0.717) is 0 Å². The third-order valence-electron chi connectivity index (χ3n) is 1.67. The Hall–Kier alpha value is -2.02. The molecule has 0 radical (unpaired) electrons. The van der Waals surface area contributed by atoms with Gasteiger partial charge in [-0.25, -0.2) is 0 Å². The van der Waals surface area contributed by atoms with Crippen LogP contribution in [0.4, 0.5) is 5.69 Å². The second kappa shape index (κ2) is 3.15. The van der Waals surface area contributed by atoms with Gasteiger partial charge in [0.2, 0.25) is 0 Å². The maximum Gasteiger partial charge on any atom is 0.161 e. The van der Waals surface area contributed by atoms with E-state index >= 15 is 0 Å². The number of rotatable bonds is 1. The average Bonchev–Trinajstić information content (AvgIpc) is 2.03. The van der Waals surface area contributed by atoms with Crippen molar-refractivity contribution in [3.63, 3.8) is 0 Å². The fraction of sp³-hybridized carbons (Fsp3) is 0.111. The maximum absolute atomic E-state index is 11.0. The lowest BCUT2D eigenvalue weighted by Crippen LogP contribution is -2.00. The van der Waals surface area contributed by atoms with Crippen molar-refractivity contribution in [3.8, 4) is 11.8 Å². The average molecular weight is 176 g/mol. The van der Waals surface area contributed by atoms with E-state index in [9.17, 15) is 9.90 Å². The minimum Gasteiger partial charge on any atom is -0.506 e. The van der Waals surface area contributed by atoms with Crippen molar-refractivity contribution in [2.24, 2.45) is 0 Å². The third kappa shape index (κ3) is 1.59. The number of aromatic hydroxyl groups is 1. The highest BCUT2D eigenvalue weighted by molar-refractivity contribution is 5.99. The lowest BCUT2D eigenvalue weighted by atomic mass is 10.1. The van der Waals surface area contributed by atoms with E-state index in [2.05, 4.69) is 0 Å². The molecule has 0 fully saturated rings. The zero-order valence-electron chi connectivity index (χ0n) is 7.03. The third-order valence-corrected chi connectivity index (χ3v) is 1.67. The largest absolute Gasteiger partial charge is 0.506 e. The highest BCUT2D eigenvalue weighted by Crippen LogP contribution is 2.23. The van der Waals surface area contributed by atoms with Gasteiger partial charge in [-0.2, -0.15) is 5.26 Å². The van der Waals surface area contributed by atoms with E-state index < -0.39 is 0 Å². The predicted octanol–water partition coefficient (Wildman–Crippen LogP) is 1.05. The first-order valence-corrected chi connectivity index (χ1v) is 3.59. The monoisotopic (exact) mass is 176 g/mol. The summed E-state index contributed by atoms with van der Waals surface area (Å²) in [5.74, 6) is -0.431. The number of nitrogens with zero attached hydrogens (tertiary/aromatic N) is 1. The molecule has 1 aromatic carbocycles. The van der Waals surface area contributed by atoms with E-state index in [1.165, 1.54) is 19.1 Å². The van der Waals surface area contributed by atoms with E-state index in [0.717, 1.165) is 0 Å². The fourth-order valence-electron chi connectivity index (χ4n) is 0.999. The number of nitrogens with two attached hydrogens (primary N) is 1. The highest BCUT2D eigenvalue weighted by atomic mass is 16.3. The van der Waals surface area contributed by atoms with Crippen LogP contribution in [0.15, 0.2) is 12.1 Å². The van der Waals surface area contributed by atoms with Gasteiger partial charge < -0.3 is 10.8 Å². The van der Waals surface area contributed by atoms with Crippen molar-refractivity contribution in [2.45, 2.75) is 6.92 Å². The summed E-state index contributed by atoms with van der Waals surface area (Å²) >= 11 is 0. The molecule has 66 valence electrons. The van der Waals surface area contributed by atoms with Crippen LogP contribution >= 0.6 is 0 Å². The Morgan fingerprint density at radius 3 is 2.69 bits per heavy atom. The molecule has 1 aromatic rings. The van der Waals surface area contributed by atoms with Gasteiger partial charge in [-0.1, -0.05) is 0 Å². The summed E-state index contributed by atoms with van der Waals surface area (Å²) in [5, 5.41) is 17.7.